The molecule has 0 heterocycles. The molecule has 0 aliphatic rings. The van der Waals surface area contributed by atoms with Crippen LogP contribution in [0, 0.1) is 6.92 Å². The summed E-state index contributed by atoms with van der Waals surface area (Å²) in [6, 6.07) is 6.14. The molecule has 0 aliphatic heterocycles. The third-order valence-corrected chi connectivity index (χ3v) is 2.50. The van der Waals surface area contributed by atoms with Gasteiger partial charge in [-0.2, -0.15) is 0 Å². The second kappa shape index (κ2) is 5.23. The summed E-state index contributed by atoms with van der Waals surface area (Å²) >= 11 is 6.00. The van der Waals surface area contributed by atoms with Crippen molar-refractivity contribution in [3.63, 3.8) is 0 Å². The van der Waals surface area contributed by atoms with Gasteiger partial charge in [0.2, 0.25) is 0 Å². The lowest BCUT2D eigenvalue weighted by Crippen LogP contribution is -2.21. The Hall–Kier alpha value is -0.730. The van der Waals surface area contributed by atoms with Gasteiger partial charge in [-0.15, -0.1) is 0 Å². The first-order valence-corrected chi connectivity index (χ1v) is 5.03. The van der Waals surface area contributed by atoms with Crippen molar-refractivity contribution in [3.8, 4) is 0 Å². The van der Waals surface area contributed by atoms with Crippen LogP contribution in [0.2, 0.25) is 5.02 Å². The van der Waals surface area contributed by atoms with E-state index in [9.17, 15) is 0 Å². The molecule has 1 N–H and O–H groups in total. The zero-order chi connectivity index (χ0) is 10.6. The third kappa shape index (κ3) is 2.89. The van der Waals surface area contributed by atoms with Crippen molar-refractivity contribution in [2.24, 2.45) is 0 Å². The first-order chi connectivity index (χ1) is 6.65. The number of nitrogens with one attached hydrogen (secondary N) is 1. The van der Waals surface area contributed by atoms with E-state index in [4.69, 9.17) is 16.3 Å². The summed E-state index contributed by atoms with van der Waals surface area (Å²) in [6.45, 7) is 4.76. The monoisotopic (exact) mass is 213 g/mol. The van der Waals surface area contributed by atoms with Gasteiger partial charge in [0.25, 0.3) is 0 Å². The van der Waals surface area contributed by atoms with Crippen LogP contribution in [-0.2, 0) is 4.74 Å². The molecule has 0 saturated carbocycles. The predicted octanol–water partition coefficient (Wildman–Crippen LogP) is 3.10. The predicted molar refractivity (Wildman–Crippen MR) is 61.1 cm³/mol. The van der Waals surface area contributed by atoms with Crippen molar-refractivity contribution in [1.29, 1.82) is 0 Å². The number of anilines is 1. The average molecular weight is 214 g/mol. The summed E-state index contributed by atoms with van der Waals surface area (Å²) in [5.74, 6) is 0. The molecule has 0 bridgehead atoms. The van der Waals surface area contributed by atoms with Crippen LogP contribution in [0.15, 0.2) is 18.2 Å². The highest BCUT2D eigenvalue weighted by Gasteiger charge is 2.05. The SMILES string of the molecule is COCC(C)Nc1cccc(Cl)c1C. The summed E-state index contributed by atoms with van der Waals surface area (Å²) in [6.07, 6.45) is 0. The summed E-state index contributed by atoms with van der Waals surface area (Å²) in [4.78, 5) is 0. The van der Waals surface area contributed by atoms with Gasteiger partial charge in [0, 0.05) is 23.9 Å². The molecule has 1 atom stereocenters. The highest BCUT2D eigenvalue weighted by atomic mass is 35.5. The fraction of sp³-hybridized carbons (Fsp3) is 0.455. The molecule has 0 radical (unpaired) electrons. The quantitative estimate of drug-likeness (QED) is 0.830. The van der Waals surface area contributed by atoms with Crippen LogP contribution >= 0.6 is 11.6 Å². The van der Waals surface area contributed by atoms with Crippen molar-refractivity contribution in [3.05, 3.63) is 28.8 Å². The van der Waals surface area contributed by atoms with Gasteiger partial charge in [-0.1, -0.05) is 17.7 Å². The molecule has 0 amide bonds. The van der Waals surface area contributed by atoms with Crippen molar-refractivity contribution in [2.45, 2.75) is 19.9 Å². The highest BCUT2D eigenvalue weighted by molar-refractivity contribution is 6.31. The standard InChI is InChI=1S/C11H16ClNO/c1-8(7-14-3)13-11-6-4-5-10(12)9(11)2/h4-6,8,13H,7H2,1-3H3. The van der Waals surface area contributed by atoms with E-state index in [0.29, 0.717) is 6.61 Å². The van der Waals surface area contributed by atoms with Crippen molar-refractivity contribution in [2.75, 3.05) is 19.0 Å². The topological polar surface area (TPSA) is 21.3 Å². The lowest BCUT2D eigenvalue weighted by atomic mass is 10.2. The maximum Gasteiger partial charge on any atom is 0.0661 e. The summed E-state index contributed by atoms with van der Waals surface area (Å²) in [7, 11) is 1.70. The van der Waals surface area contributed by atoms with Crippen LogP contribution in [0.1, 0.15) is 12.5 Å². The van der Waals surface area contributed by atoms with Gasteiger partial charge in [-0.05, 0) is 31.5 Å². The van der Waals surface area contributed by atoms with E-state index in [1.54, 1.807) is 7.11 Å². The minimum atomic E-state index is 0.289. The first-order valence-electron chi connectivity index (χ1n) is 4.65. The normalized spacial score (nSPS) is 12.6. The zero-order valence-corrected chi connectivity index (χ0v) is 9.56. The Labute approximate surface area is 90.2 Å². The van der Waals surface area contributed by atoms with Crippen molar-refractivity contribution in [1.82, 2.24) is 0 Å². The molecule has 0 aromatic heterocycles. The molecule has 0 fully saturated rings. The summed E-state index contributed by atoms with van der Waals surface area (Å²) < 4.78 is 5.05. The Balaban J connectivity index is 2.71. The van der Waals surface area contributed by atoms with E-state index in [0.717, 1.165) is 16.3 Å². The van der Waals surface area contributed by atoms with Gasteiger partial charge in [-0.25, -0.2) is 0 Å². The van der Waals surface area contributed by atoms with E-state index in [2.05, 4.69) is 12.2 Å². The fourth-order valence-electron chi connectivity index (χ4n) is 1.32. The van der Waals surface area contributed by atoms with Gasteiger partial charge >= 0.3 is 0 Å². The molecular weight excluding hydrogens is 198 g/mol. The third-order valence-electron chi connectivity index (χ3n) is 2.09. The molecular formula is C11H16ClNO. The van der Waals surface area contributed by atoms with Crippen molar-refractivity contribution >= 4 is 17.3 Å². The Morgan fingerprint density at radius 2 is 2.21 bits per heavy atom. The number of halogens is 1. The second-order valence-electron chi connectivity index (χ2n) is 3.41. The largest absolute Gasteiger partial charge is 0.383 e. The lowest BCUT2D eigenvalue weighted by molar-refractivity contribution is 0.190. The van der Waals surface area contributed by atoms with Crippen molar-refractivity contribution < 1.29 is 4.74 Å². The Bertz CT molecular complexity index is 301. The van der Waals surface area contributed by atoms with E-state index < -0.39 is 0 Å². The minimum absolute atomic E-state index is 0.289. The molecule has 0 aliphatic carbocycles. The average Bonchev–Trinajstić information content (AvgIpc) is 2.13. The Kier molecular flexibility index (Phi) is 4.23. The van der Waals surface area contributed by atoms with Crippen LogP contribution in [0.25, 0.3) is 0 Å². The number of hydrogen-bond acceptors (Lipinski definition) is 2. The maximum absolute atomic E-state index is 6.00. The van der Waals surface area contributed by atoms with Gasteiger partial charge in [0.1, 0.15) is 0 Å². The van der Waals surface area contributed by atoms with Gasteiger partial charge in [0.15, 0.2) is 0 Å². The molecule has 1 aromatic carbocycles. The number of ether oxygens (including phenoxy) is 1. The summed E-state index contributed by atoms with van der Waals surface area (Å²) in [5, 5.41) is 4.13. The minimum Gasteiger partial charge on any atom is -0.383 e. The molecule has 78 valence electrons. The number of benzene rings is 1. The van der Waals surface area contributed by atoms with E-state index in [1.165, 1.54) is 0 Å². The van der Waals surface area contributed by atoms with E-state index in [-0.39, 0.29) is 6.04 Å². The van der Waals surface area contributed by atoms with Crippen LogP contribution in [0.4, 0.5) is 5.69 Å². The number of methoxy groups -OCH3 is 1. The molecule has 14 heavy (non-hydrogen) atoms. The second-order valence-corrected chi connectivity index (χ2v) is 3.82. The first kappa shape index (κ1) is 11.3. The fourth-order valence-corrected chi connectivity index (χ4v) is 1.50. The molecule has 3 heteroatoms. The molecule has 1 unspecified atom stereocenters. The van der Waals surface area contributed by atoms with Crippen LogP contribution in [0.3, 0.4) is 0 Å². The van der Waals surface area contributed by atoms with E-state index >= 15 is 0 Å². The lowest BCUT2D eigenvalue weighted by Gasteiger charge is -2.16. The van der Waals surface area contributed by atoms with Gasteiger partial charge in [-0.3, -0.25) is 0 Å². The molecule has 1 aromatic rings. The maximum atomic E-state index is 6.00. The highest BCUT2D eigenvalue weighted by Crippen LogP contribution is 2.23. The summed E-state index contributed by atoms with van der Waals surface area (Å²) in [5.41, 5.74) is 2.15. The Morgan fingerprint density at radius 3 is 2.86 bits per heavy atom. The zero-order valence-electron chi connectivity index (χ0n) is 8.80. The van der Waals surface area contributed by atoms with Crippen LogP contribution in [-0.4, -0.2) is 19.8 Å². The van der Waals surface area contributed by atoms with E-state index in [1.807, 2.05) is 25.1 Å². The van der Waals surface area contributed by atoms with Crippen LogP contribution in [0.5, 0.6) is 0 Å². The Morgan fingerprint density at radius 1 is 1.50 bits per heavy atom. The number of hydrogen-bond donors (Lipinski definition) is 1. The molecule has 2 nitrogen and oxygen atoms in total. The number of rotatable bonds is 4. The smallest absolute Gasteiger partial charge is 0.0661 e. The molecule has 1 rings (SSSR count). The molecule has 0 spiro atoms. The van der Waals surface area contributed by atoms with Crippen LogP contribution < -0.4 is 5.32 Å². The van der Waals surface area contributed by atoms with Gasteiger partial charge < -0.3 is 10.1 Å². The van der Waals surface area contributed by atoms with Gasteiger partial charge in [0.05, 0.1) is 6.61 Å². The molecule has 0 saturated heterocycles.